The quantitative estimate of drug-likeness (QED) is 0.732. The Morgan fingerprint density at radius 2 is 2.00 bits per heavy atom. The molecule has 2 aliphatic heterocycles. The first kappa shape index (κ1) is 17.0. The molecule has 1 aromatic carbocycles. The third kappa shape index (κ3) is 2.67. The van der Waals surface area contributed by atoms with E-state index in [2.05, 4.69) is 5.10 Å². The van der Waals surface area contributed by atoms with Crippen LogP contribution in [0, 0.1) is 0 Å². The third-order valence-corrected chi connectivity index (χ3v) is 6.77. The van der Waals surface area contributed by atoms with Crippen molar-refractivity contribution in [3.63, 3.8) is 0 Å². The van der Waals surface area contributed by atoms with E-state index in [4.69, 9.17) is 4.74 Å². The lowest BCUT2D eigenvalue weighted by Gasteiger charge is -2.30. The second-order valence-corrected chi connectivity index (χ2v) is 8.89. The molecule has 0 N–H and O–H groups in total. The van der Waals surface area contributed by atoms with Crippen LogP contribution in [0.5, 0.6) is 5.75 Å². The number of ether oxygens (including phenoxy) is 1. The van der Waals surface area contributed by atoms with Crippen LogP contribution in [-0.4, -0.2) is 65.6 Å². The number of rotatable bonds is 1. The molecule has 138 valence electrons. The number of para-hydroxylation sites is 1. The van der Waals surface area contributed by atoms with Crippen molar-refractivity contribution in [1.82, 2.24) is 19.0 Å². The van der Waals surface area contributed by atoms with Crippen LogP contribution in [0.4, 0.5) is 0 Å². The molecule has 3 heterocycles. The maximum atomic E-state index is 12.8. The monoisotopic (exact) mass is 376 g/mol. The Morgan fingerprint density at radius 1 is 1.23 bits per heavy atom. The molecular formula is C17H20N4O4S. The smallest absolute Gasteiger partial charge is 0.257 e. The molecule has 1 saturated heterocycles. The predicted octanol–water partition coefficient (Wildman–Crippen LogP) is 0.718. The molecule has 9 heteroatoms. The summed E-state index contributed by atoms with van der Waals surface area (Å²) in [5.41, 5.74) is -0.244. The van der Waals surface area contributed by atoms with Crippen molar-refractivity contribution in [1.29, 1.82) is 0 Å². The summed E-state index contributed by atoms with van der Waals surface area (Å²) < 4.78 is 34.6. The van der Waals surface area contributed by atoms with E-state index < -0.39 is 15.6 Å². The van der Waals surface area contributed by atoms with Gasteiger partial charge in [0.2, 0.25) is 10.0 Å². The fraction of sp³-hybridized carbons (Fsp3) is 0.412. The lowest BCUT2D eigenvalue weighted by Crippen LogP contribution is -2.48. The Morgan fingerprint density at radius 3 is 2.73 bits per heavy atom. The van der Waals surface area contributed by atoms with Crippen molar-refractivity contribution in [3.05, 3.63) is 42.2 Å². The average Bonchev–Trinajstić information content (AvgIpc) is 3.19. The van der Waals surface area contributed by atoms with E-state index in [-0.39, 0.29) is 17.3 Å². The van der Waals surface area contributed by atoms with Crippen LogP contribution in [0.15, 0.2) is 41.6 Å². The normalized spacial score (nSPS) is 24.9. The molecule has 1 atom stereocenters. The largest absolute Gasteiger partial charge is 0.483 e. The highest BCUT2D eigenvalue weighted by Gasteiger charge is 2.47. The van der Waals surface area contributed by atoms with E-state index in [9.17, 15) is 13.2 Å². The van der Waals surface area contributed by atoms with Crippen LogP contribution in [0.3, 0.4) is 0 Å². The molecule has 0 radical (unpaired) electrons. The Balaban J connectivity index is 1.65. The molecular weight excluding hydrogens is 356 g/mol. The molecule has 8 nitrogen and oxygen atoms in total. The van der Waals surface area contributed by atoms with Gasteiger partial charge in [0, 0.05) is 33.3 Å². The highest BCUT2D eigenvalue weighted by atomic mass is 32.2. The van der Waals surface area contributed by atoms with Gasteiger partial charge >= 0.3 is 0 Å². The Kier molecular flexibility index (Phi) is 3.81. The number of carbonyl (C=O) groups excluding carboxylic acids is 1. The Bertz CT molecular complexity index is 971. The van der Waals surface area contributed by atoms with Gasteiger partial charge in [-0.3, -0.25) is 9.48 Å². The summed E-state index contributed by atoms with van der Waals surface area (Å²) in [7, 11) is -0.309. The molecule has 2 aromatic rings. The molecule has 4 rings (SSSR count). The summed E-state index contributed by atoms with van der Waals surface area (Å²) in [5.74, 6) is 0.217. The first-order valence-electron chi connectivity index (χ1n) is 8.33. The Labute approximate surface area is 152 Å². The van der Waals surface area contributed by atoms with Crippen LogP contribution < -0.4 is 4.74 Å². The van der Waals surface area contributed by atoms with Gasteiger partial charge < -0.3 is 9.64 Å². The molecule has 1 fully saturated rings. The van der Waals surface area contributed by atoms with Crippen LogP contribution in [0.1, 0.15) is 16.8 Å². The number of aryl methyl sites for hydroxylation is 1. The summed E-state index contributed by atoms with van der Waals surface area (Å²) in [4.78, 5) is 14.6. The average molecular weight is 376 g/mol. The van der Waals surface area contributed by atoms with E-state index >= 15 is 0 Å². The maximum Gasteiger partial charge on any atom is 0.257 e. The number of carbonyl (C=O) groups is 1. The topological polar surface area (TPSA) is 84.7 Å². The van der Waals surface area contributed by atoms with Crippen molar-refractivity contribution >= 4 is 15.9 Å². The van der Waals surface area contributed by atoms with Crippen LogP contribution in [-0.2, 0) is 17.1 Å². The number of likely N-dealkylation sites (N-methyl/N-ethyl adjacent to an activating group) is 1. The minimum Gasteiger partial charge on any atom is -0.483 e. The second kappa shape index (κ2) is 5.82. The first-order chi connectivity index (χ1) is 12.3. The van der Waals surface area contributed by atoms with Crippen molar-refractivity contribution in [2.75, 3.05) is 26.7 Å². The van der Waals surface area contributed by atoms with Crippen LogP contribution >= 0.6 is 0 Å². The molecule has 0 saturated carbocycles. The van der Waals surface area contributed by atoms with Crippen molar-refractivity contribution in [2.24, 2.45) is 7.05 Å². The first-order valence-corrected chi connectivity index (χ1v) is 9.77. The zero-order chi connectivity index (χ0) is 18.5. The van der Waals surface area contributed by atoms with Crippen molar-refractivity contribution in [3.8, 4) is 5.75 Å². The molecule has 2 aliphatic rings. The summed E-state index contributed by atoms with van der Waals surface area (Å²) in [6.07, 6.45) is 3.77. The van der Waals surface area contributed by atoms with Crippen LogP contribution in [0.25, 0.3) is 0 Å². The van der Waals surface area contributed by atoms with Gasteiger partial charge in [-0.25, -0.2) is 8.42 Å². The molecule has 1 aromatic heterocycles. The summed E-state index contributed by atoms with van der Waals surface area (Å²) in [6.45, 7) is 1.03. The molecule has 1 amide bonds. The summed E-state index contributed by atoms with van der Waals surface area (Å²) in [6, 6.07) is 6.65. The van der Waals surface area contributed by atoms with Crippen molar-refractivity contribution in [2.45, 2.75) is 16.9 Å². The highest BCUT2D eigenvalue weighted by Crippen LogP contribution is 2.37. The van der Waals surface area contributed by atoms with Gasteiger partial charge in [-0.2, -0.15) is 9.40 Å². The standard InChI is InChI=1S/C17H20N4O4S/c1-19-10-13(9-18-19)16(22)21-8-7-17(12-21)11-20(2)26(23,24)15-6-4-3-5-14(15)25-17/h3-6,9-10H,7-8,11-12H2,1-2H3/t17-/m1/s1. The zero-order valence-electron chi connectivity index (χ0n) is 14.6. The third-order valence-electron chi connectivity index (χ3n) is 4.93. The van der Waals surface area contributed by atoms with E-state index in [0.717, 1.165) is 0 Å². The summed E-state index contributed by atoms with van der Waals surface area (Å²) in [5, 5.41) is 4.04. The maximum absolute atomic E-state index is 12.8. The van der Waals surface area contributed by atoms with E-state index in [1.165, 1.54) is 10.5 Å². The van der Waals surface area contributed by atoms with Gasteiger partial charge in [0.15, 0.2) is 0 Å². The molecule has 0 bridgehead atoms. The van der Waals surface area contributed by atoms with Gasteiger partial charge in [-0.1, -0.05) is 12.1 Å². The lowest BCUT2D eigenvalue weighted by atomic mass is 10.0. The second-order valence-electron chi connectivity index (χ2n) is 6.87. The lowest BCUT2D eigenvalue weighted by molar-refractivity contribution is 0.0544. The van der Waals surface area contributed by atoms with Crippen LogP contribution in [0.2, 0.25) is 0 Å². The highest BCUT2D eigenvalue weighted by molar-refractivity contribution is 7.89. The van der Waals surface area contributed by atoms with E-state index in [0.29, 0.717) is 30.8 Å². The van der Waals surface area contributed by atoms with Gasteiger partial charge in [0.25, 0.3) is 5.91 Å². The molecule has 26 heavy (non-hydrogen) atoms. The number of amides is 1. The zero-order valence-corrected chi connectivity index (χ0v) is 15.4. The number of hydrogen-bond acceptors (Lipinski definition) is 5. The predicted molar refractivity (Wildman–Crippen MR) is 93.3 cm³/mol. The number of aromatic nitrogens is 2. The molecule has 0 aliphatic carbocycles. The minimum absolute atomic E-state index is 0.124. The number of hydrogen-bond donors (Lipinski definition) is 0. The number of benzene rings is 1. The fourth-order valence-corrected chi connectivity index (χ4v) is 4.97. The fourth-order valence-electron chi connectivity index (χ4n) is 3.62. The molecule has 1 spiro atoms. The van der Waals surface area contributed by atoms with E-state index in [1.54, 1.807) is 54.1 Å². The van der Waals surface area contributed by atoms with Gasteiger partial charge in [-0.15, -0.1) is 0 Å². The number of likely N-dealkylation sites (tertiary alicyclic amines) is 1. The molecule has 0 unspecified atom stereocenters. The van der Waals surface area contributed by atoms with Crippen molar-refractivity contribution < 1.29 is 17.9 Å². The Hall–Kier alpha value is -2.39. The number of fused-ring (bicyclic) bond motifs is 1. The van der Waals surface area contributed by atoms with E-state index in [1.807, 2.05) is 0 Å². The van der Waals surface area contributed by atoms with Gasteiger partial charge in [0.05, 0.1) is 24.8 Å². The summed E-state index contributed by atoms with van der Waals surface area (Å²) >= 11 is 0. The van der Waals surface area contributed by atoms with Gasteiger partial charge in [0.1, 0.15) is 16.2 Å². The number of nitrogens with zero attached hydrogens (tertiary/aromatic N) is 4. The minimum atomic E-state index is -3.62. The number of sulfonamides is 1. The van der Waals surface area contributed by atoms with Gasteiger partial charge in [-0.05, 0) is 12.1 Å². The SMILES string of the molecule is CN1C[C@@]2(CCN(C(=O)c3cnn(C)c3)C2)Oc2ccccc2S1(=O)=O.